The van der Waals surface area contributed by atoms with E-state index in [-0.39, 0.29) is 11.3 Å². The molecule has 1 aromatic heterocycles. The van der Waals surface area contributed by atoms with Crippen LogP contribution in [0, 0.1) is 0 Å². The van der Waals surface area contributed by atoms with Crippen molar-refractivity contribution in [1.82, 2.24) is 4.98 Å². The lowest BCUT2D eigenvalue weighted by molar-refractivity contribution is -0.132. The van der Waals surface area contributed by atoms with Gasteiger partial charge < -0.3 is 9.84 Å². The number of rotatable bonds is 5. The summed E-state index contributed by atoms with van der Waals surface area (Å²) in [7, 11) is 0. The number of hydrogen-bond donors (Lipinski definition) is 1. The van der Waals surface area contributed by atoms with Crippen molar-refractivity contribution in [3.63, 3.8) is 0 Å². The summed E-state index contributed by atoms with van der Waals surface area (Å²) >= 11 is 0. The number of aromatic nitrogens is 1. The van der Waals surface area contributed by atoms with Gasteiger partial charge in [-0.1, -0.05) is 18.2 Å². The molecule has 0 radical (unpaired) electrons. The number of fused-ring (bicyclic) bond motifs is 1. The van der Waals surface area contributed by atoms with Gasteiger partial charge in [0.05, 0.1) is 17.9 Å². The maximum absolute atomic E-state index is 13.3. The van der Waals surface area contributed by atoms with Crippen molar-refractivity contribution in [1.29, 1.82) is 0 Å². The van der Waals surface area contributed by atoms with E-state index in [0.29, 0.717) is 29.3 Å². The van der Waals surface area contributed by atoms with Crippen molar-refractivity contribution in [3.05, 3.63) is 94.8 Å². The number of carbonyl (C=O) groups is 2. The number of anilines is 1. The number of Topliss-reactive ketones (excluding diaryl/α,β-unsaturated/α-hetero) is 1. The van der Waals surface area contributed by atoms with E-state index in [0.717, 1.165) is 25.7 Å². The van der Waals surface area contributed by atoms with Gasteiger partial charge in [-0.15, -0.1) is 0 Å². The predicted octanol–water partition coefficient (Wildman–Crippen LogP) is 4.99. The molecule has 2 aromatic carbocycles. The quantitative estimate of drug-likeness (QED) is 0.334. The van der Waals surface area contributed by atoms with Crippen molar-refractivity contribution >= 4 is 23.1 Å². The SMILES string of the molecule is CCOc1ccc(N2C(=O)C(=O)/C(=C(\O)c3ccc4c(c3)CCCC4)C2c2ccccn2)cc1. The van der Waals surface area contributed by atoms with E-state index < -0.39 is 17.7 Å². The van der Waals surface area contributed by atoms with Crippen LogP contribution >= 0.6 is 0 Å². The van der Waals surface area contributed by atoms with E-state index in [2.05, 4.69) is 4.98 Å². The van der Waals surface area contributed by atoms with Crippen LogP contribution in [0.3, 0.4) is 0 Å². The van der Waals surface area contributed by atoms with Crippen LogP contribution in [-0.2, 0) is 22.4 Å². The second-order valence-electron chi connectivity index (χ2n) is 8.54. The van der Waals surface area contributed by atoms with Crippen LogP contribution in [0.2, 0.25) is 0 Å². The molecular weight excluding hydrogens is 428 g/mol. The zero-order valence-electron chi connectivity index (χ0n) is 19.0. The maximum Gasteiger partial charge on any atom is 0.300 e. The van der Waals surface area contributed by atoms with Gasteiger partial charge in [-0.3, -0.25) is 19.5 Å². The number of carbonyl (C=O) groups excluding carboxylic acids is 2. The first kappa shape index (κ1) is 21.9. The fraction of sp³-hybridized carbons (Fsp3) is 0.250. The summed E-state index contributed by atoms with van der Waals surface area (Å²) in [5.41, 5.74) is 4.10. The number of aryl methyl sites for hydroxylation is 2. The van der Waals surface area contributed by atoms with Gasteiger partial charge in [-0.05, 0) is 86.2 Å². The minimum absolute atomic E-state index is 0.0494. The predicted molar refractivity (Wildman–Crippen MR) is 130 cm³/mol. The van der Waals surface area contributed by atoms with E-state index in [1.165, 1.54) is 16.0 Å². The third-order valence-corrected chi connectivity index (χ3v) is 6.46. The molecular formula is C28H26N2O4. The zero-order valence-corrected chi connectivity index (χ0v) is 19.0. The molecule has 34 heavy (non-hydrogen) atoms. The summed E-state index contributed by atoms with van der Waals surface area (Å²) in [5, 5.41) is 11.4. The van der Waals surface area contributed by atoms with Gasteiger partial charge in [-0.25, -0.2) is 0 Å². The minimum Gasteiger partial charge on any atom is -0.507 e. The lowest BCUT2D eigenvalue weighted by Gasteiger charge is -2.25. The van der Waals surface area contributed by atoms with Gasteiger partial charge in [0.2, 0.25) is 0 Å². The van der Waals surface area contributed by atoms with Crippen LogP contribution in [0.1, 0.15) is 48.2 Å². The summed E-state index contributed by atoms with van der Waals surface area (Å²) in [5.74, 6) is -0.916. The number of benzene rings is 2. The minimum atomic E-state index is -0.838. The standard InChI is InChI=1S/C28H26N2O4/c1-2-34-22-14-12-21(13-15-22)30-25(23-9-5-6-16-29-23)24(27(32)28(30)33)26(31)20-11-10-18-7-3-4-8-19(18)17-20/h5-6,9-17,25,31H,2-4,7-8H2,1H3/b26-24-. The van der Waals surface area contributed by atoms with Gasteiger partial charge in [0.25, 0.3) is 11.7 Å². The lowest BCUT2D eigenvalue weighted by atomic mass is 9.89. The second-order valence-corrected chi connectivity index (χ2v) is 8.54. The molecule has 1 amide bonds. The highest BCUT2D eigenvalue weighted by molar-refractivity contribution is 6.51. The molecule has 3 aromatic rings. The summed E-state index contributed by atoms with van der Waals surface area (Å²) in [4.78, 5) is 32.4. The molecule has 1 fully saturated rings. The number of ketones is 1. The normalized spacial score (nSPS) is 19.2. The summed E-state index contributed by atoms with van der Waals surface area (Å²) in [6.45, 7) is 2.42. The van der Waals surface area contributed by atoms with Crippen molar-refractivity contribution in [2.75, 3.05) is 11.5 Å². The Hall–Kier alpha value is -3.93. The number of nitrogens with zero attached hydrogens (tertiary/aromatic N) is 2. The van der Waals surface area contributed by atoms with Gasteiger partial charge in [0, 0.05) is 17.4 Å². The van der Waals surface area contributed by atoms with Crippen LogP contribution in [0.25, 0.3) is 5.76 Å². The molecule has 172 valence electrons. The summed E-state index contributed by atoms with van der Waals surface area (Å²) in [6.07, 6.45) is 5.85. The van der Waals surface area contributed by atoms with E-state index in [1.54, 1.807) is 48.7 Å². The molecule has 1 aliphatic heterocycles. The number of amides is 1. The van der Waals surface area contributed by atoms with E-state index in [4.69, 9.17) is 4.74 Å². The third kappa shape index (κ3) is 3.85. The molecule has 2 heterocycles. The van der Waals surface area contributed by atoms with Crippen LogP contribution in [-0.4, -0.2) is 28.4 Å². The average Bonchev–Trinajstić information content (AvgIpc) is 3.15. The zero-order chi connectivity index (χ0) is 23.7. The Labute approximate surface area is 198 Å². The van der Waals surface area contributed by atoms with E-state index in [1.807, 2.05) is 25.1 Å². The fourth-order valence-corrected chi connectivity index (χ4v) is 4.82. The Kier molecular flexibility index (Phi) is 5.88. The van der Waals surface area contributed by atoms with Gasteiger partial charge in [0.15, 0.2) is 0 Å². The Morgan fingerprint density at radius 3 is 2.50 bits per heavy atom. The van der Waals surface area contributed by atoms with E-state index in [9.17, 15) is 14.7 Å². The molecule has 5 rings (SSSR count). The van der Waals surface area contributed by atoms with Gasteiger partial charge >= 0.3 is 0 Å². The molecule has 1 saturated heterocycles. The lowest BCUT2D eigenvalue weighted by Crippen LogP contribution is -2.29. The third-order valence-electron chi connectivity index (χ3n) is 6.46. The van der Waals surface area contributed by atoms with Crippen LogP contribution in [0.15, 0.2) is 72.4 Å². The van der Waals surface area contributed by atoms with E-state index >= 15 is 0 Å². The molecule has 1 aliphatic carbocycles. The van der Waals surface area contributed by atoms with Crippen LogP contribution in [0.4, 0.5) is 5.69 Å². The maximum atomic E-state index is 13.3. The van der Waals surface area contributed by atoms with Gasteiger partial charge in [-0.2, -0.15) is 0 Å². The first-order valence-electron chi connectivity index (χ1n) is 11.7. The first-order valence-corrected chi connectivity index (χ1v) is 11.7. The molecule has 1 N–H and O–H groups in total. The highest BCUT2D eigenvalue weighted by Crippen LogP contribution is 2.42. The largest absolute Gasteiger partial charge is 0.507 e. The Bertz CT molecular complexity index is 1270. The highest BCUT2D eigenvalue weighted by Gasteiger charge is 2.47. The molecule has 0 spiro atoms. The van der Waals surface area contributed by atoms with Crippen molar-refractivity contribution in [2.45, 2.75) is 38.6 Å². The second kappa shape index (κ2) is 9.14. The van der Waals surface area contributed by atoms with Crippen molar-refractivity contribution < 1.29 is 19.4 Å². The molecule has 6 nitrogen and oxygen atoms in total. The topological polar surface area (TPSA) is 79.7 Å². The monoisotopic (exact) mass is 454 g/mol. The molecule has 1 unspecified atom stereocenters. The average molecular weight is 455 g/mol. The molecule has 6 heteroatoms. The van der Waals surface area contributed by atoms with Gasteiger partial charge in [0.1, 0.15) is 17.6 Å². The summed E-state index contributed by atoms with van der Waals surface area (Å²) in [6, 6.07) is 17.3. The Balaban J connectivity index is 1.64. The number of hydrogen-bond acceptors (Lipinski definition) is 5. The van der Waals surface area contributed by atoms with Crippen molar-refractivity contribution in [3.8, 4) is 5.75 Å². The molecule has 0 bridgehead atoms. The Morgan fingerprint density at radius 2 is 1.79 bits per heavy atom. The number of aliphatic hydroxyl groups is 1. The molecule has 2 aliphatic rings. The highest BCUT2D eigenvalue weighted by atomic mass is 16.5. The van der Waals surface area contributed by atoms with Crippen molar-refractivity contribution in [2.24, 2.45) is 0 Å². The molecule has 0 saturated carbocycles. The summed E-state index contributed by atoms with van der Waals surface area (Å²) < 4.78 is 5.51. The Morgan fingerprint density at radius 1 is 1.03 bits per heavy atom. The van der Waals surface area contributed by atoms with Crippen LogP contribution < -0.4 is 9.64 Å². The van der Waals surface area contributed by atoms with Crippen LogP contribution in [0.5, 0.6) is 5.75 Å². The fourth-order valence-electron chi connectivity index (χ4n) is 4.82. The number of ether oxygens (including phenoxy) is 1. The number of aliphatic hydroxyl groups excluding tert-OH is 1. The first-order chi connectivity index (χ1) is 16.6. The number of pyridine rings is 1. The smallest absolute Gasteiger partial charge is 0.300 e. The molecule has 1 atom stereocenters.